The second kappa shape index (κ2) is 7.84. The lowest BCUT2D eigenvalue weighted by molar-refractivity contribution is 0.0776. The number of carbonyl (C=O) groups excluding carboxylic acids is 1. The molecule has 0 saturated heterocycles. The van der Waals surface area contributed by atoms with E-state index in [1.165, 1.54) is 27.8 Å². The van der Waals surface area contributed by atoms with Crippen LogP contribution in [0.4, 0.5) is 4.39 Å². The number of benzene rings is 2. The number of halogens is 1. The zero-order valence-electron chi connectivity index (χ0n) is 15.4. The number of hydrogen-bond acceptors (Lipinski definition) is 4. The second-order valence-electron chi connectivity index (χ2n) is 6.33. The van der Waals surface area contributed by atoms with Crippen molar-refractivity contribution in [2.45, 2.75) is 13.5 Å². The third kappa shape index (κ3) is 3.81. The Morgan fingerprint density at radius 2 is 1.89 bits per heavy atom. The van der Waals surface area contributed by atoms with Gasteiger partial charge in [-0.1, -0.05) is 24.3 Å². The Kier molecular flexibility index (Phi) is 5.32. The molecule has 0 aliphatic rings. The first-order valence-electron chi connectivity index (χ1n) is 8.51. The van der Waals surface area contributed by atoms with Crippen LogP contribution in [-0.2, 0) is 6.54 Å². The molecule has 3 rings (SSSR count). The van der Waals surface area contributed by atoms with Crippen LogP contribution in [0.15, 0.2) is 59.4 Å². The van der Waals surface area contributed by atoms with Gasteiger partial charge in [0.1, 0.15) is 11.5 Å². The van der Waals surface area contributed by atoms with Gasteiger partial charge in [-0.3, -0.25) is 9.59 Å². The van der Waals surface area contributed by atoms with Gasteiger partial charge < -0.3 is 4.90 Å². The lowest BCUT2D eigenvalue weighted by Crippen LogP contribution is -2.33. The van der Waals surface area contributed by atoms with E-state index in [1.54, 1.807) is 50.4 Å². The molecule has 3 aromatic rings. The van der Waals surface area contributed by atoms with Crippen LogP contribution >= 0.6 is 0 Å². The number of nitriles is 1. The van der Waals surface area contributed by atoms with E-state index >= 15 is 0 Å². The molecule has 0 aliphatic carbocycles. The van der Waals surface area contributed by atoms with Crippen molar-refractivity contribution in [1.29, 1.82) is 5.26 Å². The van der Waals surface area contributed by atoms with Crippen molar-refractivity contribution in [3.05, 3.63) is 93.2 Å². The number of rotatable bonds is 4. The zero-order valence-corrected chi connectivity index (χ0v) is 15.4. The molecule has 2 aromatic carbocycles. The Hall–Kier alpha value is -3.79. The lowest BCUT2D eigenvalue weighted by atomic mass is 10.1. The fourth-order valence-electron chi connectivity index (χ4n) is 2.77. The maximum atomic E-state index is 14.1. The molecule has 0 N–H and O–H groups in total. The number of nitrogens with zero attached hydrogens (tertiary/aromatic N) is 4. The SMILES string of the molecule is Cc1cc(=O)c(C(=O)N(C)Cc2ccc(C#N)cc2)nn1-c1ccccc1F. The highest BCUT2D eigenvalue weighted by Crippen LogP contribution is 2.14. The van der Waals surface area contributed by atoms with Gasteiger partial charge in [-0.15, -0.1) is 0 Å². The molecular weight excluding hydrogens is 359 g/mol. The van der Waals surface area contributed by atoms with E-state index in [1.807, 2.05) is 6.07 Å². The molecule has 7 heteroatoms. The molecular formula is C21H17FN4O2. The average Bonchev–Trinajstić information content (AvgIpc) is 2.69. The zero-order chi connectivity index (χ0) is 20.3. The third-order valence-corrected chi connectivity index (χ3v) is 4.24. The summed E-state index contributed by atoms with van der Waals surface area (Å²) in [4.78, 5) is 26.5. The van der Waals surface area contributed by atoms with Crippen LogP contribution in [-0.4, -0.2) is 27.6 Å². The van der Waals surface area contributed by atoms with Crippen molar-refractivity contribution in [3.8, 4) is 11.8 Å². The van der Waals surface area contributed by atoms with E-state index in [-0.39, 0.29) is 17.9 Å². The highest BCUT2D eigenvalue weighted by Gasteiger charge is 2.20. The van der Waals surface area contributed by atoms with Crippen LogP contribution in [0.1, 0.15) is 27.3 Å². The molecule has 0 aliphatic heterocycles. The highest BCUT2D eigenvalue weighted by molar-refractivity contribution is 5.91. The predicted molar refractivity (Wildman–Crippen MR) is 101 cm³/mol. The Bertz CT molecular complexity index is 1130. The molecule has 6 nitrogen and oxygen atoms in total. The summed E-state index contributed by atoms with van der Waals surface area (Å²) >= 11 is 0. The minimum atomic E-state index is -0.570. The molecule has 0 saturated carbocycles. The first kappa shape index (κ1) is 19.0. The molecule has 140 valence electrons. The van der Waals surface area contributed by atoms with E-state index in [0.717, 1.165) is 5.56 Å². The normalized spacial score (nSPS) is 10.4. The van der Waals surface area contributed by atoms with Gasteiger partial charge in [0.05, 0.1) is 11.6 Å². The van der Waals surface area contributed by atoms with Crippen molar-refractivity contribution in [3.63, 3.8) is 0 Å². The Labute approximate surface area is 161 Å². The van der Waals surface area contributed by atoms with Gasteiger partial charge in [-0.2, -0.15) is 10.4 Å². The van der Waals surface area contributed by atoms with Crippen molar-refractivity contribution >= 4 is 5.91 Å². The number of aryl methyl sites for hydroxylation is 1. The monoisotopic (exact) mass is 376 g/mol. The number of hydrogen-bond donors (Lipinski definition) is 0. The minimum absolute atomic E-state index is 0.156. The largest absolute Gasteiger partial charge is 0.336 e. The molecule has 0 spiro atoms. The summed E-state index contributed by atoms with van der Waals surface area (Å²) in [5, 5.41) is 13.0. The molecule has 28 heavy (non-hydrogen) atoms. The maximum absolute atomic E-state index is 14.1. The van der Waals surface area contributed by atoms with Gasteiger partial charge in [0, 0.05) is 25.4 Å². The summed E-state index contributed by atoms with van der Waals surface area (Å²) in [6.07, 6.45) is 0. The Balaban J connectivity index is 1.92. The summed E-state index contributed by atoms with van der Waals surface area (Å²) in [6.45, 7) is 1.86. The molecule has 0 bridgehead atoms. The molecule has 1 amide bonds. The summed E-state index contributed by atoms with van der Waals surface area (Å²) in [6, 6.07) is 16.1. The van der Waals surface area contributed by atoms with Crippen molar-refractivity contribution in [2.75, 3.05) is 7.05 Å². The molecule has 1 heterocycles. The Morgan fingerprint density at radius 1 is 1.21 bits per heavy atom. The number of amides is 1. The maximum Gasteiger partial charge on any atom is 0.278 e. The second-order valence-corrected chi connectivity index (χ2v) is 6.33. The first-order valence-corrected chi connectivity index (χ1v) is 8.51. The van der Waals surface area contributed by atoms with E-state index in [4.69, 9.17) is 5.26 Å². The summed E-state index contributed by atoms with van der Waals surface area (Å²) in [7, 11) is 1.55. The van der Waals surface area contributed by atoms with Gasteiger partial charge in [0.25, 0.3) is 5.91 Å². The highest BCUT2D eigenvalue weighted by atomic mass is 19.1. The molecule has 0 unspecified atom stereocenters. The van der Waals surface area contributed by atoms with Crippen LogP contribution in [0, 0.1) is 24.1 Å². The fraction of sp³-hybridized carbons (Fsp3) is 0.143. The van der Waals surface area contributed by atoms with Crippen LogP contribution in [0.2, 0.25) is 0 Å². The topological polar surface area (TPSA) is 79.0 Å². The van der Waals surface area contributed by atoms with Crippen molar-refractivity contribution < 1.29 is 9.18 Å². The van der Waals surface area contributed by atoms with Crippen LogP contribution in [0.5, 0.6) is 0 Å². The minimum Gasteiger partial charge on any atom is -0.336 e. The number of aromatic nitrogens is 2. The van der Waals surface area contributed by atoms with Gasteiger partial charge in [-0.05, 0) is 36.8 Å². The smallest absolute Gasteiger partial charge is 0.278 e. The van der Waals surface area contributed by atoms with E-state index in [2.05, 4.69) is 5.10 Å². The standard InChI is InChI=1S/C21H17FN4O2/c1-14-11-19(27)20(24-26(14)18-6-4-3-5-17(18)22)21(28)25(2)13-16-9-7-15(12-23)8-10-16/h3-11H,13H2,1-2H3. The lowest BCUT2D eigenvalue weighted by Gasteiger charge is -2.18. The Morgan fingerprint density at radius 3 is 2.54 bits per heavy atom. The van der Waals surface area contributed by atoms with Gasteiger partial charge in [0.2, 0.25) is 5.43 Å². The predicted octanol–water partition coefficient (Wildman–Crippen LogP) is 2.82. The first-order chi connectivity index (χ1) is 13.4. The van der Waals surface area contributed by atoms with Gasteiger partial charge in [-0.25, -0.2) is 9.07 Å². The average molecular weight is 376 g/mol. The van der Waals surface area contributed by atoms with Crippen molar-refractivity contribution in [1.82, 2.24) is 14.7 Å². The third-order valence-electron chi connectivity index (χ3n) is 4.24. The molecule has 0 radical (unpaired) electrons. The van der Waals surface area contributed by atoms with E-state index in [0.29, 0.717) is 11.3 Å². The number of para-hydroxylation sites is 1. The van der Waals surface area contributed by atoms with Crippen LogP contribution in [0.3, 0.4) is 0 Å². The van der Waals surface area contributed by atoms with Gasteiger partial charge in [0.15, 0.2) is 5.69 Å². The summed E-state index contributed by atoms with van der Waals surface area (Å²) < 4.78 is 15.4. The summed E-state index contributed by atoms with van der Waals surface area (Å²) in [5.41, 5.74) is 1.08. The fourth-order valence-corrected chi connectivity index (χ4v) is 2.77. The van der Waals surface area contributed by atoms with Crippen LogP contribution < -0.4 is 5.43 Å². The van der Waals surface area contributed by atoms with Gasteiger partial charge >= 0.3 is 0 Å². The van der Waals surface area contributed by atoms with Crippen molar-refractivity contribution in [2.24, 2.45) is 0 Å². The molecule has 0 atom stereocenters. The van der Waals surface area contributed by atoms with E-state index in [9.17, 15) is 14.0 Å². The van der Waals surface area contributed by atoms with E-state index < -0.39 is 17.2 Å². The molecule has 0 fully saturated rings. The number of carbonyl (C=O) groups is 1. The summed E-state index contributed by atoms with van der Waals surface area (Å²) in [5.74, 6) is -1.08. The van der Waals surface area contributed by atoms with Crippen LogP contribution in [0.25, 0.3) is 5.69 Å². The quantitative estimate of drug-likeness (QED) is 0.701. The molecule has 1 aromatic heterocycles.